The molecular formula is C29H36N2O6. The molecule has 0 aliphatic carbocycles. The van der Waals surface area contributed by atoms with E-state index in [1.165, 1.54) is 0 Å². The van der Waals surface area contributed by atoms with Crippen molar-refractivity contribution < 1.29 is 28.8 Å². The van der Waals surface area contributed by atoms with Gasteiger partial charge in [0.2, 0.25) is 0 Å². The lowest BCUT2D eigenvalue weighted by atomic mass is 9.96. The van der Waals surface area contributed by atoms with Gasteiger partial charge in [0.1, 0.15) is 23.0 Å². The molecule has 1 aliphatic heterocycles. The Morgan fingerprint density at radius 2 is 1.78 bits per heavy atom. The van der Waals surface area contributed by atoms with E-state index < -0.39 is 12.1 Å². The number of fused-ring (bicyclic) bond motifs is 1. The molecule has 0 fully saturated rings. The SMILES string of the molecule is CCCc1c(OCCCOc2ccc(-c3c[nH]cn3)c(OC)c2CCC)ccc2c1OC(C(=O)O)CC2. The van der Waals surface area contributed by atoms with E-state index in [2.05, 4.69) is 23.8 Å². The molecule has 0 spiro atoms. The average molecular weight is 509 g/mol. The molecule has 0 saturated carbocycles. The Hall–Kier alpha value is -3.68. The smallest absolute Gasteiger partial charge is 0.344 e. The second-order valence-corrected chi connectivity index (χ2v) is 9.14. The molecule has 1 unspecified atom stereocenters. The number of methoxy groups -OCH3 is 1. The van der Waals surface area contributed by atoms with E-state index in [4.69, 9.17) is 18.9 Å². The van der Waals surface area contributed by atoms with E-state index >= 15 is 0 Å². The topological polar surface area (TPSA) is 103 Å². The first kappa shape index (κ1) is 26.4. The third-order valence-corrected chi connectivity index (χ3v) is 6.51. The Kier molecular flexibility index (Phi) is 8.93. The van der Waals surface area contributed by atoms with Crippen molar-refractivity contribution in [1.29, 1.82) is 0 Å². The van der Waals surface area contributed by atoms with Crippen molar-refractivity contribution in [2.45, 2.75) is 64.9 Å². The minimum atomic E-state index is -0.923. The highest BCUT2D eigenvalue weighted by atomic mass is 16.5. The zero-order valence-electron chi connectivity index (χ0n) is 21.8. The van der Waals surface area contributed by atoms with Gasteiger partial charge in [0, 0.05) is 29.3 Å². The van der Waals surface area contributed by atoms with Gasteiger partial charge >= 0.3 is 5.97 Å². The van der Waals surface area contributed by atoms with Crippen LogP contribution in [-0.2, 0) is 24.1 Å². The molecule has 0 bridgehead atoms. The number of nitrogens with zero attached hydrogens (tertiary/aromatic N) is 1. The molecule has 4 rings (SSSR count). The standard InChI is InChI=1S/C29H36N2O6/c1-4-7-21-24(12-9-19-10-13-26(29(32)33)37-27(19)21)35-15-6-16-36-25-14-11-20(23-17-30-18-31-23)28(34-3)22(25)8-5-2/h9,11-12,14,17-18,26H,4-8,10,13,15-16H2,1-3H3,(H,30,31)(H,32,33). The highest BCUT2D eigenvalue weighted by Crippen LogP contribution is 2.39. The fourth-order valence-electron chi connectivity index (χ4n) is 4.78. The van der Waals surface area contributed by atoms with Gasteiger partial charge in [-0.05, 0) is 49.4 Å². The van der Waals surface area contributed by atoms with Gasteiger partial charge in [-0.25, -0.2) is 9.78 Å². The molecule has 1 aromatic heterocycles. The molecule has 198 valence electrons. The number of hydrogen-bond donors (Lipinski definition) is 2. The van der Waals surface area contributed by atoms with E-state index in [1.807, 2.05) is 30.5 Å². The number of rotatable bonds is 13. The van der Waals surface area contributed by atoms with E-state index in [0.29, 0.717) is 38.2 Å². The van der Waals surface area contributed by atoms with Gasteiger partial charge in [0.05, 0.1) is 32.3 Å². The van der Waals surface area contributed by atoms with Crippen molar-refractivity contribution in [2.24, 2.45) is 0 Å². The number of carboxylic acid groups (broad SMARTS) is 1. The summed E-state index contributed by atoms with van der Waals surface area (Å²) in [7, 11) is 1.68. The molecule has 2 N–H and O–H groups in total. The zero-order valence-corrected chi connectivity index (χ0v) is 21.8. The largest absolute Gasteiger partial charge is 0.496 e. The Morgan fingerprint density at radius 3 is 2.43 bits per heavy atom. The fraction of sp³-hybridized carbons (Fsp3) is 0.448. The zero-order chi connectivity index (χ0) is 26.2. The molecule has 0 saturated heterocycles. The number of carbonyl (C=O) groups is 1. The van der Waals surface area contributed by atoms with Crippen molar-refractivity contribution in [3.8, 4) is 34.3 Å². The third kappa shape index (κ3) is 6.01. The summed E-state index contributed by atoms with van der Waals surface area (Å²) in [6, 6.07) is 7.93. The highest BCUT2D eigenvalue weighted by molar-refractivity contribution is 5.74. The number of aromatic nitrogens is 2. The lowest BCUT2D eigenvalue weighted by molar-refractivity contribution is -0.145. The maximum absolute atomic E-state index is 11.5. The number of aliphatic carboxylic acids is 1. The van der Waals surface area contributed by atoms with Gasteiger partial charge in [0.25, 0.3) is 0 Å². The molecule has 3 aromatic rings. The van der Waals surface area contributed by atoms with Crippen LogP contribution in [0.3, 0.4) is 0 Å². The molecule has 1 aliphatic rings. The lowest BCUT2D eigenvalue weighted by Gasteiger charge is -2.26. The van der Waals surface area contributed by atoms with Gasteiger partial charge < -0.3 is 29.0 Å². The van der Waals surface area contributed by atoms with Crippen LogP contribution in [0.5, 0.6) is 23.0 Å². The molecule has 0 amide bonds. The minimum absolute atomic E-state index is 0.476. The monoisotopic (exact) mass is 508 g/mol. The normalized spacial score (nSPS) is 14.5. The molecule has 0 radical (unpaired) electrons. The maximum Gasteiger partial charge on any atom is 0.344 e. The van der Waals surface area contributed by atoms with Gasteiger partial charge in [-0.1, -0.05) is 32.8 Å². The van der Waals surface area contributed by atoms with Gasteiger partial charge in [0.15, 0.2) is 6.10 Å². The summed E-state index contributed by atoms with van der Waals surface area (Å²) in [5.41, 5.74) is 4.81. The lowest BCUT2D eigenvalue weighted by Crippen LogP contribution is -2.31. The van der Waals surface area contributed by atoms with Crippen LogP contribution >= 0.6 is 0 Å². The van der Waals surface area contributed by atoms with Crippen molar-refractivity contribution in [3.05, 3.63) is 53.5 Å². The van der Waals surface area contributed by atoms with Crippen LogP contribution in [0.15, 0.2) is 36.8 Å². The second-order valence-electron chi connectivity index (χ2n) is 9.14. The van der Waals surface area contributed by atoms with Crippen LogP contribution in [0.2, 0.25) is 0 Å². The van der Waals surface area contributed by atoms with Crippen LogP contribution in [0.25, 0.3) is 11.3 Å². The summed E-state index contributed by atoms with van der Waals surface area (Å²) in [6.07, 6.45) is 8.05. The first-order valence-electron chi connectivity index (χ1n) is 13.1. The summed E-state index contributed by atoms with van der Waals surface area (Å²) in [4.78, 5) is 18.8. The molecule has 8 nitrogen and oxygen atoms in total. The summed E-state index contributed by atoms with van der Waals surface area (Å²) >= 11 is 0. The van der Waals surface area contributed by atoms with Crippen LogP contribution in [0, 0.1) is 0 Å². The number of nitrogens with one attached hydrogen (secondary N) is 1. The molecular weight excluding hydrogens is 472 g/mol. The Labute approximate surface area is 217 Å². The Morgan fingerprint density at radius 1 is 1.08 bits per heavy atom. The van der Waals surface area contributed by atoms with Gasteiger partial charge in [-0.15, -0.1) is 0 Å². The average Bonchev–Trinajstić information content (AvgIpc) is 3.44. The molecule has 1 atom stereocenters. The van der Waals surface area contributed by atoms with Crippen molar-refractivity contribution in [3.63, 3.8) is 0 Å². The number of ether oxygens (including phenoxy) is 4. The van der Waals surface area contributed by atoms with Crippen molar-refractivity contribution in [2.75, 3.05) is 20.3 Å². The van der Waals surface area contributed by atoms with Crippen LogP contribution < -0.4 is 18.9 Å². The highest BCUT2D eigenvalue weighted by Gasteiger charge is 2.28. The summed E-state index contributed by atoms with van der Waals surface area (Å²) < 4.78 is 24.0. The number of aryl methyl sites for hydroxylation is 1. The molecule has 37 heavy (non-hydrogen) atoms. The van der Waals surface area contributed by atoms with Crippen LogP contribution in [0.1, 0.15) is 56.2 Å². The minimum Gasteiger partial charge on any atom is -0.496 e. The first-order valence-corrected chi connectivity index (χ1v) is 13.1. The first-order chi connectivity index (χ1) is 18.1. The predicted molar refractivity (Wildman–Crippen MR) is 141 cm³/mol. The van der Waals surface area contributed by atoms with Crippen molar-refractivity contribution >= 4 is 5.97 Å². The van der Waals surface area contributed by atoms with E-state index in [-0.39, 0.29) is 0 Å². The quantitative estimate of drug-likeness (QED) is 0.289. The summed E-state index contributed by atoms with van der Waals surface area (Å²) in [5.74, 6) is 2.12. The Bertz CT molecular complexity index is 1190. The van der Waals surface area contributed by atoms with E-state index in [0.717, 1.165) is 70.9 Å². The van der Waals surface area contributed by atoms with Crippen LogP contribution in [0.4, 0.5) is 0 Å². The predicted octanol–water partition coefficient (Wildman–Crippen LogP) is 5.62. The molecule has 8 heteroatoms. The number of benzene rings is 2. The number of imidazole rings is 1. The Balaban J connectivity index is 1.41. The number of hydrogen-bond acceptors (Lipinski definition) is 6. The van der Waals surface area contributed by atoms with E-state index in [9.17, 15) is 9.90 Å². The second kappa shape index (κ2) is 12.5. The third-order valence-electron chi connectivity index (χ3n) is 6.51. The molecule has 2 aromatic carbocycles. The van der Waals surface area contributed by atoms with Gasteiger partial charge in [-0.2, -0.15) is 0 Å². The summed E-state index contributed by atoms with van der Waals surface area (Å²) in [6.45, 7) is 5.19. The van der Waals surface area contributed by atoms with Crippen LogP contribution in [-0.4, -0.2) is 47.5 Å². The number of H-pyrrole nitrogens is 1. The molecule has 2 heterocycles. The fourth-order valence-corrected chi connectivity index (χ4v) is 4.78. The maximum atomic E-state index is 11.5. The van der Waals surface area contributed by atoms with E-state index in [1.54, 1.807) is 13.4 Å². The van der Waals surface area contributed by atoms with Crippen molar-refractivity contribution in [1.82, 2.24) is 9.97 Å². The summed E-state index contributed by atoms with van der Waals surface area (Å²) in [5, 5.41) is 9.42. The number of carboxylic acids is 1. The number of aromatic amines is 1. The van der Waals surface area contributed by atoms with Gasteiger partial charge in [-0.3, -0.25) is 0 Å².